The van der Waals surface area contributed by atoms with Gasteiger partial charge < -0.3 is 24.1 Å². The summed E-state index contributed by atoms with van der Waals surface area (Å²) < 4.78 is 22.6. The van der Waals surface area contributed by atoms with E-state index in [0.717, 1.165) is 0 Å². The van der Waals surface area contributed by atoms with Crippen LogP contribution in [0.15, 0.2) is 11.8 Å². The first-order valence-corrected chi connectivity index (χ1v) is 5.97. The van der Waals surface area contributed by atoms with Crippen molar-refractivity contribution >= 4 is 5.78 Å². The summed E-state index contributed by atoms with van der Waals surface area (Å²) in [6.07, 6.45) is -0.878. The quantitative estimate of drug-likeness (QED) is 0.606. The van der Waals surface area contributed by atoms with Gasteiger partial charge in [0.15, 0.2) is 35.6 Å². The molecule has 4 aliphatic rings. The van der Waals surface area contributed by atoms with Gasteiger partial charge in [-0.25, -0.2) is 0 Å². The first-order valence-electron chi connectivity index (χ1n) is 5.97. The number of epoxide rings is 1. The number of ketones is 1. The van der Waals surface area contributed by atoms with Crippen molar-refractivity contribution < 1.29 is 28.8 Å². The lowest BCUT2D eigenvalue weighted by Crippen LogP contribution is -2.56. The van der Waals surface area contributed by atoms with Gasteiger partial charge in [-0.2, -0.15) is 0 Å². The molecule has 3 fully saturated rings. The summed E-state index contributed by atoms with van der Waals surface area (Å²) in [6.45, 7) is 5.26. The SMILES string of the molecule is CC1(C)OC2=CC(=O)[C@]3(C)O[C@@H]3[C@@]23O[C@H](O)[C@@H]1O3. The Kier molecular flexibility index (Phi) is 1.61. The van der Waals surface area contributed by atoms with Crippen molar-refractivity contribution in [3.05, 3.63) is 11.8 Å². The maximum atomic E-state index is 11.9. The molecular weight excluding hydrogens is 240 g/mol. The highest BCUT2D eigenvalue weighted by atomic mass is 16.9. The monoisotopic (exact) mass is 254 g/mol. The number of fused-ring (bicyclic) bond motifs is 2. The molecular formula is C12H14O6. The van der Waals surface area contributed by atoms with Gasteiger partial charge >= 0.3 is 0 Å². The molecule has 5 atom stereocenters. The molecule has 3 saturated heterocycles. The number of hydrogen-bond donors (Lipinski definition) is 1. The largest absolute Gasteiger partial charge is 0.483 e. The number of rotatable bonds is 0. The summed E-state index contributed by atoms with van der Waals surface area (Å²) >= 11 is 0. The molecule has 4 rings (SSSR count). The van der Waals surface area contributed by atoms with Crippen molar-refractivity contribution in [2.75, 3.05) is 0 Å². The van der Waals surface area contributed by atoms with Gasteiger partial charge in [0, 0.05) is 6.08 Å². The fourth-order valence-corrected chi connectivity index (χ4v) is 3.01. The van der Waals surface area contributed by atoms with Crippen molar-refractivity contribution in [3.63, 3.8) is 0 Å². The summed E-state index contributed by atoms with van der Waals surface area (Å²) in [7, 11) is 0. The Bertz CT molecular complexity index is 497. The maximum absolute atomic E-state index is 11.9. The maximum Gasteiger partial charge on any atom is 0.261 e. The smallest absolute Gasteiger partial charge is 0.261 e. The summed E-state index contributed by atoms with van der Waals surface area (Å²) in [5.74, 6) is -1.12. The predicted molar refractivity (Wildman–Crippen MR) is 56.2 cm³/mol. The number of aliphatic hydroxyl groups excluding tert-OH is 1. The standard InChI is InChI=1S/C12H14O6/c1-10(2)7-8(14)17-12(16-7)6(15-10)4-5(13)11(3)9(12)18-11/h4,7-9,14H,1-3H3/t7-,8-,9-,11-,12-/m0/s1. The Hall–Kier alpha value is -0.950. The lowest BCUT2D eigenvalue weighted by atomic mass is 9.87. The molecule has 1 spiro atoms. The minimum absolute atomic E-state index is 0.157. The van der Waals surface area contributed by atoms with E-state index in [0.29, 0.717) is 5.76 Å². The zero-order valence-corrected chi connectivity index (χ0v) is 10.3. The molecule has 0 radical (unpaired) electrons. The van der Waals surface area contributed by atoms with E-state index in [4.69, 9.17) is 18.9 Å². The Morgan fingerprint density at radius 1 is 1.22 bits per heavy atom. The van der Waals surface area contributed by atoms with E-state index in [-0.39, 0.29) is 5.78 Å². The number of aliphatic hydroxyl groups is 1. The zero-order chi connectivity index (χ0) is 12.9. The van der Waals surface area contributed by atoms with Gasteiger partial charge in [0.2, 0.25) is 0 Å². The zero-order valence-electron chi connectivity index (χ0n) is 10.3. The molecule has 0 saturated carbocycles. The molecule has 18 heavy (non-hydrogen) atoms. The van der Waals surface area contributed by atoms with Crippen LogP contribution >= 0.6 is 0 Å². The van der Waals surface area contributed by atoms with Gasteiger partial charge in [-0.05, 0) is 20.8 Å². The van der Waals surface area contributed by atoms with E-state index in [1.165, 1.54) is 6.08 Å². The van der Waals surface area contributed by atoms with Crippen LogP contribution in [0.1, 0.15) is 20.8 Å². The summed E-state index contributed by atoms with van der Waals surface area (Å²) in [5, 5.41) is 9.96. The first kappa shape index (κ1) is 10.9. The minimum atomic E-state index is -1.26. The van der Waals surface area contributed by atoms with E-state index >= 15 is 0 Å². The second-order valence-corrected chi connectivity index (χ2v) is 5.90. The average Bonchev–Trinajstić information content (AvgIpc) is 2.85. The predicted octanol–water partition coefficient (Wildman–Crippen LogP) is -0.151. The second kappa shape index (κ2) is 2.65. The van der Waals surface area contributed by atoms with Crippen LogP contribution in [0.4, 0.5) is 0 Å². The topological polar surface area (TPSA) is 77.5 Å². The van der Waals surface area contributed by atoms with Gasteiger partial charge in [0.25, 0.3) is 5.79 Å². The number of carbonyl (C=O) groups excluding carboxylic acids is 1. The first-order chi connectivity index (χ1) is 8.30. The van der Waals surface area contributed by atoms with E-state index in [1.54, 1.807) is 20.8 Å². The van der Waals surface area contributed by atoms with Crippen LogP contribution in [-0.4, -0.2) is 46.4 Å². The molecule has 1 N–H and O–H groups in total. The number of carbonyl (C=O) groups is 1. The van der Waals surface area contributed by atoms with Crippen LogP contribution in [0.5, 0.6) is 0 Å². The summed E-state index contributed by atoms with van der Waals surface area (Å²) in [5.41, 5.74) is -1.67. The van der Waals surface area contributed by atoms with Crippen molar-refractivity contribution in [3.8, 4) is 0 Å². The van der Waals surface area contributed by atoms with E-state index in [2.05, 4.69) is 0 Å². The van der Waals surface area contributed by atoms with Crippen LogP contribution in [0.2, 0.25) is 0 Å². The lowest BCUT2D eigenvalue weighted by molar-refractivity contribution is -0.251. The van der Waals surface area contributed by atoms with Crippen molar-refractivity contribution in [1.82, 2.24) is 0 Å². The van der Waals surface area contributed by atoms with Crippen molar-refractivity contribution in [2.45, 2.75) is 56.3 Å². The van der Waals surface area contributed by atoms with E-state index in [1.807, 2.05) is 0 Å². The molecule has 0 aromatic carbocycles. The minimum Gasteiger partial charge on any atom is -0.483 e. The van der Waals surface area contributed by atoms with E-state index < -0.39 is 35.5 Å². The van der Waals surface area contributed by atoms with Crippen LogP contribution in [-0.2, 0) is 23.7 Å². The summed E-state index contributed by atoms with van der Waals surface area (Å²) in [4.78, 5) is 11.9. The molecule has 0 unspecified atom stereocenters. The molecule has 3 aliphatic heterocycles. The molecule has 0 amide bonds. The second-order valence-electron chi connectivity index (χ2n) is 5.90. The normalized spacial score (nSPS) is 55.2. The van der Waals surface area contributed by atoms with Crippen LogP contribution in [0.3, 0.4) is 0 Å². The fourth-order valence-electron chi connectivity index (χ4n) is 3.01. The third-order valence-electron chi connectivity index (χ3n) is 4.16. The van der Waals surface area contributed by atoms with Gasteiger partial charge in [-0.1, -0.05) is 0 Å². The molecule has 3 heterocycles. The van der Waals surface area contributed by atoms with Crippen molar-refractivity contribution in [2.24, 2.45) is 0 Å². The highest BCUT2D eigenvalue weighted by Crippen LogP contribution is 2.59. The van der Waals surface area contributed by atoms with Crippen LogP contribution in [0, 0.1) is 0 Å². The molecule has 0 aromatic rings. The molecule has 2 bridgehead atoms. The van der Waals surface area contributed by atoms with Gasteiger partial charge in [0.1, 0.15) is 5.60 Å². The Labute approximate surface area is 103 Å². The number of ether oxygens (including phenoxy) is 4. The lowest BCUT2D eigenvalue weighted by Gasteiger charge is -2.42. The van der Waals surface area contributed by atoms with Crippen LogP contribution in [0.25, 0.3) is 0 Å². The Balaban J connectivity index is 1.87. The van der Waals surface area contributed by atoms with Gasteiger partial charge in [-0.15, -0.1) is 0 Å². The van der Waals surface area contributed by atoms with Crippen molar-refractivity contribution in [1.29, 1.82) is 0 Å². The summed E-state index contributed by atoms with van der Waals surface area (Å²) in [6, 6.07) is 0. The number of hydrogen-bond acceptors (Lipinski definition) is 6. The Morgan fingerprint density at radius 2 is 1.94 bits per heavy atom. The highest BCUT2D eigenvalue weighted by Gasteiger charge is 2.79. The van der Waals surface area contributed by atoms with E-state index in [9.17, 15) is 9.90 Å². The van der Waals surface area contributed by atoms with Crippen LogP contribution < -0.4 is 0 Å². The Morgan fingerprint density at radius 3 is 2.67 bits per heavy atom. The molecule has 0 aromatic heterocycles. The molecule has 98 valence electrons. The third-order valence-corrected chi connectivity index (χ3v) is 4.16. The highest BCUT2D eigenvalue weighted by molar-refractivity contribution is 6.01. The third kappa shape index (κ3) is 0.980. The average molecular weight is 254 g/mol. The fraction of sp³-hybridized carbons (Fsp3) is 0.750. The van der Waals surface area contributed by atoms with Gasteiger partial charge in [0.05, 0.1) is 0 Å². The molecule has 1 aliphatic carbocycles. The molecule has 6 nitrogen and oxygen atoms in total. The molecule has 6 heteroatoms. The van der Waals surface area contributed by atoms with Gasteiger partial charge in [-0.3, -0.25) is 4.79 Å².